The quantitative estimate of drug-likeness (QED) is 0.0321. The first-order chi connectivity index (χ1) is 31.5. The van der Waals surface area contributed by atoms with Crippen molar-refractivity contribution in [1.29, 1.82) is 0 Å². The summed E-state index contributed by atoms with van der Waals surface area (Å²) in [6.45, 7) is 6.19. The summed E-state index contributed by atoms with van der Waals surface area (Å²) in [6, 6.07) is -0.726. The number of nitrogens with one attached hydrogen (secondary N) is 1. The molecule has 3 N–H and O–H groups in total. The number of hydrogen-bond acceptors (Lipinski definition) is 5. The molecular formula is C58H99NO5. The summed E-state index contributed by atoms with van der Waals surface area (Å²) in [7, 11) is 0. The van der Waals surface area contributed by atoms with Gasteiger partial charge in [0.25, 0.3) is 0 Å². The van der Waals surface area contributed by atoms with E-state index < -0.39 is 18.2 Å². The van der Waals surface area contributed by atoms with Gasteiger partial charge in [0.1, 0.15) is 6.10 Å². The molecule has 0 aromatic carbocycles. The van der Waals surface area contributed by atoms with Crippen LogP contribution in [0.1, 0.15) is 233 Å². The molecule has 3 atom stereocenters. The van der Waals surface area contributed by atoms with E-state index in [0.29, 0.717) is 19.3 Å². The predicted molar refractivity (Wildman–Crippen MR) is 277 cm³/mol. The van der Waals surface area contributed by atoms with Crippen molar-refractivity contribution in [2.45, 2.75) is 251 Å². The van der Waals surface area contributed by atoms with E-state index in [2.05, 4.69) is 80.8 Å². The van der Waals surface area contributed by atoms with Crippen LogP contribution in [0.15, 0.2) is 97.2 Å². The highest BCUT2D eigenvalue weighted by Gasteiger charge is 2.24. The number of ether oxygens (including phenoxy) is 1. The van der Waals surface area contributed by atoms with Gasteiger partial charge >= 0.3 is 5.97 Å². The molecule has 6 nitrogen and oxygen atoms in total. The molecule has 0 aliphatic carbocycles. The van der Waals surface area contributed by atoms with Crippen molar-refractivity contribution in [3.05, 3.63) is 97.2 Å². The SMILES string of the molecule is CC/C=C/C=C/C=C/C=C\CCCCCCCC(=O)OC(CCCCC\C=C/C=C/C=C/C=C/CC)CC(=O)NC(CO)C(O)CCCCCCCCCCCCCCCCCCC. The molecule has 64 heavy (non-hydrogen) atoms. The Hall–Kier alpha value is -3.22. The third-order valence-electron chi connectivity index (χ3n) is 11.6. The molecule has 0 radical (unpaired) electrons. The van der Waals surface area contributed by atoms with Gasteiger partial charge in [-0.25, -0.2) is 0 Å². The van der Waals surface area contributed by atoms with E-state index in [1.165, 1.54) is 89.9 Å². The fraction of sp³-hybridized carbons (Fsp3) is 0.690. The molecule has 0 heterocycles. The Morgan fingerprint density at radius 2 is 0.844 bits per heavy atom. The van der Waals surface area contributed by atoms with Gasteiger partial charge < -0.3 is 20.3 Å². The smallest absolute Gasteiger partial charge is 0.306 e. The topological polar surface area (TPSA) is 95.9 Å². The van der Waals surface area contributed by atoms with Gasteiger partial charge in [0, 0.05) is 6.42 Å². The van der Waals surface area contributed by atoms with Crippen molar-refractivity contribution in [3.8, 4) is 0 Å². The lowest BCUT2D eigenvalue weighted by molar-refractivity contribution is -0.151. The van der Waals surface area contributed by atoms with Crippen LogP contribution in [0, 0.1) is 0 Å². The van der Waals surface area contributed by atoms with Crippen molar-refractivity contribution in [2.24, 2.45) is 0 Å². The number of hydrogen-bond donors (Lipinski definition) is 3. The minimum Gasteiger partial charge on any atom is -0.462 e. The van der Waals surface area contributed by atoms with Crippen LogP contribution >= 0.6 is 0 Å². The summed E-state index contributed by atoms with van der Waals surface area (Å²) >= 11 is 0. The molecule has 0 saturated carbocycles. The molecule has 0 saturated heterocycles. The Balaban J connectivity index is 4.62. The summed E-state index contributed by atoms with van der Waals surface area (Å²) in [5.74, 6) is -0.546. The van der Waals surface area contributed by atoms with E-state index >= 15 is 0 Å². The van der Waals surface area contributed by atoms with E-state index in [0.717, 1.165) is 96.3 Å². The molecule has 1 amide bonds. The lowest BCUT2D eigenvalue weighted by Gasteiger charge is -2.24. The fourth-order valence-corrected chi connectivity index (χ4v) is 7.63. The highest BCUT2D eigenvalue weighted by Crippen LogP contribution is 2.17. The van der Waals surface area contributed by atoms with Crippen molar-refractivity contribution < 1.29 is 24.5 Å². The summed E-state index contributed by atoms with van der Waals surface area (Å²) in [5, 5.41) is 23.8. The summed E-state index contributed by atoms with van der Waals surface area (Å²) in [5.41, 5.74) is 0. The average molecular weight is 890 g/mol. The molecule has 0 aromatic rings. The molecule has 0 spiro atoms. The monoisotopic (exact) mass is 890 g/mol. The second kappa shape index (κ2) is 50.8. The minimum atomic E-state index is -0.809. The number of rotatable bonds is 46. The fourth-order valence-electron chi connectivity index (χ4n) is 7.63. The first-order valence-corrected chi connectivity index (χ1v) is 26.6. The van der Waals surface area contributed by atoms with Crippen molar-refractivity contribution in [2.75, 3.05) is 6.61 Å². The van der Waals surface area contributed by atoms with Crippen LogP contribution in [-0.4, -0.2) is 46.9 Å². The first kappa shape index (κ1) is 60.8. The molecule has 0 rings (SSSR count). The predicted octanol–water partition coefficient (Wildman–Crippen LogP) is 16.1. The molecule has 0 aromatic heterocycles. The van der Waals surface area contributed by atoms with E-state index in [9.17, 15) is 19.8 Å². The zero-order valence-electron chi connectivity index (χ0n) is 41.6. The summed E-state index contributed by atoms with van der Waals surface area (Å²) < 4.78 is 5.91. The molecular weight excluding hydrogens is 791 g/mol. The van der Waals surface area contributed by atoms with E-state index in [1.54, 1.807) is 0 Å². The Morgan fingerprint density at radius 1 is 0.469 bits per heavy atom. The van der Waals surface area contributed by atoms with Gasteiger partial charge in [0.2, 0.25) is 5.91 Å². The van der Waals surface area contributed by atoms with Crippen LogP contribution in [-0.2, 0) is 14.3 Å². The highest BCUT2D eigenvalue weighted by atomic mass is 16.5. The van der Waals surface area contributed by atoms with Crippen molar-refractivity contribution in [3.63, 3.8) is 0 Å². The molecule has 3 unspecified atom stereocenters. The molecule has 6 heteroatoms. The lowest BCUT2D eigenvalue weighted by Crippen LogP contribution is -2.46. The van der Waals surface area contributed by atoms with Crippen molar-refractivity contribution >= 4 is 11.9 Å². The first-order valence-electron chi connectivity index (χ1n) is 26.6. The van der Waals surface area contributed by atoms with Crippen LogP contribution in [0.5, 0.6) is 0 Å². The maximum atomic E-state index is 13.2. The van der Waals surface area contributed by atoms with Gasteiger partial charge in [0.05, 0.1) is 25.2 Å². The largest absolute Gasteiger partial charge is 0.462 e. The van der Waals surface area contributed by atoms with Crippen molar-refractivity contribution in [1.82, 2.24) is 5.32 Å². The number of carbonyl (C=O) groups is 2. The lowest BCUT2D eigenvalue weighted by atomic mass is 10.0. The Bertz CT molecular complexity index is 1270. The average Bonchev–Trinajstić information content (AvgIpc) is 3.29. The Labute approximate surface area is 395 Å². The van der Waals surface area contributed by atoms with Crippen LogP contribution < -0.4 is 5.32 Å². The van der Waals surface area contributed by atoms with Gasteiger partial charge in [-0.2, -0.15) is 0 Å². The van der Waals surface area contributed by atoms with Crippen LogP contribution in [0.25, 0.3) is 0 Å². The van der Waals surface area contributed by atoms with E-state index in [1.807, 2.05) is 42.5 Å². The van der Waals surface area contributed by atoms with Crippen LogP contribution in [0.4, 0.5) is 0 Å². The van der Waals surface area contributed by atoms with Gasteiger partial charge in [-0.1, -0.05) is 253 Å². The highest BCUT2D eigenvalue weighted by molar-refractivity contribution is 5.77. The van der Waals surface area contributed by atoms with Gasteiger partial charge in [0.15, 0.2) is 0 Å². The maximum Gasteiger partial charge on any atom is 0.306 e. The van der Waals surface area contributed by atoms with Gasteiger partial charge in [-0.3, -0.25) is 9.59 Å². The zero-order valence-corrected chi connectivity index (χ0v) is 41.6. The molecule has 366 valence electrons. The number of amides is 1. The molecule has 0 aliphatic heterocycles. The zero-order chi connectivity index (χ0) is 46.7. The number of aliphatic hydroxyl groups excluding tert-OH is 2. The Kier molecular flexibility index (Phi) is 48.2. The van der Waals surface area contributed by atoms with Gasteiger partial charge in [-0.15, -0.1) is 0 Å². The number of unbranched alkanes of at least 4 members (excludes halogenated alkanes) is 24. The normalized spacial score (nSPS) is 14.0. The number of esters is 1. The number of carbonyl (C=O) groups excluding carboxylic acids is 2. The maximum absolute atomic E-state index is 13.2. The second-order valence-electron chi connectivity index (χ2n) is 17.7. The summed E-state index contributed by atoms with van der Waals surface area (Å²) in [6.07, 6.45) is 67.5. The minimum absolute atomic E-state index is 0.0364. The summed E-state index contributed by atoms with van der Waals surface area (Å²) in [4.78, 5) is 26.2. The van der Waals surface area contributed by atoms with E-state index in [4.69, 9.17) is 4.74 Å². The standard InChI is InChI=1S/C58H99NO5/c1-4-7-10-13-16-19-22-25-27-28-30-32-35-38-41-44-47-50-56(61)55(53-60)59-57(62)52-54(49-46-43-40-37-34-31-24-21-18-15-12-9-6-3)64-58(63)51-48-45-42-39-36-33-29-26-23-20-17-14-11-8-5-2/h8-9,11-12,14-15,17-18,20-21,23-24,26,29,31,34,54-56,60-61H,4-7,10,13,16,19,22,25,27-28,30,32-33,35-53H2,1-3H3,(H,59,62)/b11-8+,12-9+,17-14+,18-15+,23-20+,24-21+,29-26-,34-31-. The third kappa shape index (κ3) is 45.4. The van der Waals surface area contributed by atoms with E-state index in [-0.39, 0.29) is 24.9 Å². The van der Waals surface area contributed by atoms with Crippen LogP contribution in [0.2, 0.25) is 0 Å². The van der Waals surface area contributed by atoms with Crippen LogP contribution in [0.3, 0.4) is 0 Å². The van der Waals surface area contributed by atoms with Gasteiger partial charge in [-0.05, 0) is 64.2 Å². The third-order valence-corrected chi connectivity index (χ3v) is 11.6. The number of allylic oxidation sites excluding steroid dienone is 16. The number of aliphatic hydroxyl groups is 2. The molecule has 0 fully saturated rings. The Morgan fingerprint density at radius 3 is 1.30 bits per heavy atom. The molecule has 0 aliphatic rings. The molecule has 0 bridgehead atoms. The second-order valence-corrected chi connectivity index (χ2v) is 17.7.